The lowest BCUT2D eigenvalue weighted by molar-refractivity contribution is 0.0474. The summed E-state index contributed by atoms with van der Waals surface area (Å²) in [5.74, 6) is -0.381. The Hall–Kier alpha value is -2.29. The van der Waals surface area contributed by atoms with Gasteiger partial charge in [-0.3, -0.25) is 0 Å². The quantitative estimate of drug-likeness (QED) is 0.676. The van der Waals surface area contributed by atoms with E-state index in [0.29, 0.717) is 11.3 Å². The number of carbonyl (C=O) groups is 1. The monoisotopic (exact) mass is 255 g/mol. The molecule has 0 bridgehead atoms. The zero-order chi connectivity index (χ0) is 13.8. The Morgan fingerprint density at radius 2 is 1.84 bits per heavy atom. The zero-order valence-corrected chi connectivity index (χ0v) is 11.1. The number of carbonyl (C=O) groups excluding carboxylic acids is 1. The van der Waals surface area contributed by atoms with Crippen LogP contribution in [0, 0.1) is 13.8 Å². The van der Waals surface area contributed by atoms with Crippen LogP contribution in [0.1, 0.15) is 27.0 Å². The fourth-order valence-electron chi connectivity index (χ4n) is 1.95. The number of rotatable bonds is 3. The molecule has 19 heavy (non-hydrogen) atoms. The van der Waals surface area contributed by atoms with Crippen LogP contribution in [0.3, 0.4) is 0 Å². The number of nitrogens with two attached hydrogens (primary N) is 1. The first-order valence-corrected chi connectivity index (χ1v) is 6.15. The summed E-state index contributed by atoms with van der Waals surface area (Å²) in [6.07, 6.45) is 0. The van der Waals surface area contributed by atoms with E-state index in [-0.39, 0.29) is 12.6 Å². The molecule has 0 atom stereocenters. The average Bonchev–Trinajstić information content (AvgIpc) is 2.41. The Morgan fingerprint density at radius 3 is 2.53 bits per heavy atom. The maximum Gasteiger partial charge on any atom is 0.340 e. The normalized spacial score (nSPS) is 10.2. The van der Waals surface area contributed by atoms with E-state index in [9.17, 15) is 4.79 Å². The van der Waals surface area contributed by atoms with Crippen LogP contribution in [0.15, 0.2) is 42.5 Å². The second-order valence-electron chi connectivity index (χ2n) is 4.60. The van der Waals surface area contributed by atoms with E-state index in [1.165, 1.54) is 0 Å². The molecule has 98 valence electrons. The highest BCUT2D eigenvalue weighted by Crippen LogP contribution is 2.20. The largest absolute Gasteiger partial charge is 0.457 e. The van der Waals surface area contributed by atoms with Crippen LogP contribution in [-0.4, -0.2) is 5.97 Å². The van der Waals surface area contributed by atoms with Crippen LogP contribution < -0.4 is 5.73 Å². The van der Waals surface area contributed by atoms with Crippen molar-refractivity contribution in [1.82, 2.24) is 0 Å². The van der Waals surface area contributed by atoms with Gasteiger partial charge < -0.3 is 10.5 Å². The minimum Gasteiger partial charge on any atom is -0.457 e. The van der Waals surface area contributed by atoms with Crippen LogP contribution in [-0.2, 0) is 11.3 Å². The lowest BCUT2D eigenvalue weighted by Gasteiger charge is -2.10. The van der Waals surface area contributed by atoms with Crippen molar-refractivity contribution in [2.24, 2.45) is 0 Å². The van der Waals surface area contributed by atoms with Gasteiger partial charge in [0.1, 0.15) is 6.61 Å². The molecule has 2 aromatic rings. The first-order valence-electron chi connectivity index (χ1n) is 6.15. The minimum atomic E-state index is -0.381. The molecule has 0 fully saturated rings. The summed E-state index contributed by atoms with van der Waals surface area (Å²) in [7, 11) is 0. The van der Waals surface area contributed by atoms with Crippen LogP contribution in [0.2, 0.25) is 0 Å². The first kappa shape index (κ1) is 13.1. The molecule has 2 N–H and O–H groups in total. The van der Waals surface area contributed by atoms with Crippen LogP contribution in [0.25, 0.3) is 0 Å². The molecular formula is C16H17NO2. The van der Waals surface area contributed by atoms with Crippen LogP contribution >= 0.6 is 0 Å². The Bertz CT molecular complexity index is 591. The van der Waals surface area contributed by atoms with Crippen molar-refractivity contribution >= 4 is 11.7 Å². The molecule has 0 aromatic heterocycles. The lowest BCUT2D eigenvalue weighted by Crippen LogP contribution is -2.09. The van der Waals surface area contributed by atoms with E-state index in [1.807, 2.05) is 50.2 Å². The van der Waals surface area contributed by atoms with Gasteiger partial charge in [0.25, 0.3) is 0 Å². The van der Waals surface area contributed by atoms with E-state index in [2.05, 4.69) is 0 Å². The average molecular weight is 255 g/mol. The molecule has 0 unspecified atom stereocenters. The summed E-state index contributed by atoms with van der Waals surface area (Å²) in [5.41, 5.74) is 9.70. The Kier molecular flexibility index (Phi) is 3.85. The molecule has 2 aromatic carbocycles. The number of nitrogen functional groups attached to an aromatic ring is 1. The number of anilines is 1. The molecule has 0 saturated carbocycles. The molecule has 0 aliphatic heterocycles. The van der Waals surface area contributed by atoms with Gasteiger partial charge in [0.05, 0.1) is 5.56 Å². The number of ether oxygens (including phenoxy) is 1. The van der Waals surface area contributed by atoms with Crippen molar-refractivity contribution in [3.63, 3.8) is 0 Å². The highest BCUT2D eigenvalue weighted by molar-refractivity contribution is 5.96. The van der Waals surface area contributed by atoms with Crippen LogP contribution in [0.4, 0.5) is 5.69 Å². The minimum absolute atomic E-state index is 0.256. The van der Waals surface area contributed by atoms with Crippen molar-refractivity contribution in [3.8, 4) is 0 Å². The Morgan fingerprint density at radius 1 is 1.16 bits per heavy atom. The van der Waals surface area contributed by atoms with Gasteiger partial charge in [-0.1, -0.05) is 36.4 Å². The number of hydrogen-bond donors (Lipinski definition) is 1. The van der Waals surface area contributed by atoms with Gasteiger partial charge in [-0.05, 0) is 36.6 Å². The number of aryl methyl sites for hydroxylation is 2. The Labute approximate surface area is 113 Å². The van der Waals surface area contributed by atoms with Crippen molar-refractivity contribution in [3.05, 3.63) is 64.7 Å². The molecule has 0 radical (unpaired) electrons. The summed E-state index contributed by atoms with van der Waals surface area (Å²) >= 11 is 0. The molecule has 3 nitrogen and oxygen atoms in total. The lowest BCUT2D eigenvalue weighted by atomic mass is 10.0. The summed E-state index contributed by atoms with van der Waals surface area (Å²) in [4.78, 5) is 12.0. The molecular weight excluding hydrogens is 238 g/mol. The summed E-state index contributed by atoms with van der Waals surface area (Å²) < 4.78 is 5.29. The van der Waals surface area contributed by atoms with E-state index in [0.717, 1.165) is 16.7 Å². The second kappa shape index (κ2) is 5.57. The molecule has 3 heteroatoms. The van der Waals surface area contributed by atoms with Gasteiger partial charge >= 0.3 is 5.97 Å². The van der Waals surface area contributed by atoms with Gasteiger partial charge in [-0.2, -0.15) is 0 Å². The standard InChI is InChI=1S/C16H17NO2/c1-11-8-12(2)15(17)14(9-11)16(18)19-10-13-6-4-3-5-7-13/h3-9H,10,17H2,1-2H3. The predicted molar refractivity (Wildman–Crippen MR) is 75.9 cm³/mol. The predicted octanol–water partition coefficient (Wildman–Crippen LogP) is 3.24. The van der Waals surface area contributed by atoms with Gasteiger partial charge in [0.2, 0.25) is 0 Å². The van der Waals surface area contributed by atoms with Gasteiger partial charge in [-0.15, -0.1) is 0 Å². The third-order valence-electron chi connectivity index (χ3n) is 2.96. The van der Waals surface area contributed by atoms with Crippen molar-refractivity contribution in [2.75, 3.05) is 5.73 Å². The van der Waals surface area contributed by atoms with Gasteiger partial charge in [0, 0.05) is 5.69 Å². The molecule has 0 amide bonds. The highest BCUT2D eigenvalue weighted by Gasteiger charge is 2.13. The number of esters is 1. The molecule has 0 heterocycles. The van der Waals surface area contributed by atoms with Crippen molar-refractivity contribution in [2.45, 2.75) is 20.5 Å². The first-order chi connectivity index (χ1) is 9.08. The molecule has 0 aliphatic carbocycles. The summed E-state index contributed by atoms with van der Waals surface area (Å²) in [5, 5.41) is 0. The van der Waals surface area contributed by atoms with Gasteiger partial charge in [-0.25, -0.2) is 4.79 Å². The zero-order valence-electron chi connectivity index (χ0n) is 11.1. The van der Waals surface area contributed by atoms with E-state index in [1.54, 1.807) is 6.07 Å². The maximum absolute atomic E-state index is 12.0. The van der Waals surface area contributed by atoms with Crippen molar-refractivity contribution in [1.29, 1.82) is 0 Å². The third-order valence-corrected chi connectivity index (χ3v) is 2.96. The number of hydrogen-bond acceptors (Lipinski definition) is 3. The SMILES string of the molecule is Cc1cc(C)c(N)c(C(=O)OCc2ccccc2)c1. The van der Waals surface area contributed by atoms with Crippen molar-refractivity contribution < 1.29 is 9.53 Å². The molecule has 0 saturated heterocycles. The molecule has 2 rings (SSSR count). The van der Waals surface area contributed by atoms with E-state index in [4.69, 9.17) is 10.5 Å². The Balaban J connectivity index is 2.13. The van der Waals surface area contributed by atoms with E-state index < -0.39 is 0 Å². The van der Waals surface area contributed by atoms with E-state index >= 15 is 0 Å². The highest BCUT2D eigenvalue weighted by atomic mass is 16.5. The summed E-state index contributed by atoms with van der Waals surface area (Å²) in [6, 6.07) is 13.3. The fraction of sp³-hybridized carbons (Fsp3) is 0.188. The maximum atomic E-state index is 12.0. The smallest absolute Gasteiger partial charge is 0.340 e. The molecule has 0 aliphatic rings. The van der Waals surface area contributed by atoms with Gasteiger partial charge in [0.15, 0.2) is 0 Å². The summed E-state index contributed by atoms with van der Waals surface area (Å²) in [6.45, 7) is 4.07. The number of benzene rings is 2. The van der Waals surface area contributed by atoms with Crippen LogP contribution in [0.5, 0.6) is 0 Å². The topological polar surface area (TPSA) is 52.3 Å². The fourth-order valence-corrected chi connectivity index (χ4v) is 1.95. The third kappa shape index (κ3) is 3.13. The second-order valence-corrected chi connectivity index (χ2v) is 4.60. The molecule has 0 spiro atoms.